The van der Waals surface area contributed by atoms with Gasteiger partial charge in [0.25, 0.3) is 0 Å². The average molecular weight is 327 g/mol. The van der Waals surface area contributed by atoms with Crippen LogP contribution in [0.3, 0.4) is 0 Å². The molecule has 100 valence electrons. The molecule has 0 fully saturated rings. The van der Waals surface area contributed by atoms with Gasteiger partial charge in [0, 0.05) is 34.5 Å². The Bertz CT molecular complexity index is 748. The molecule has 0 aliphatic carbocycles. The fraction of sp³-hybridized carbons (Fsp3) is 0.118. The maximum Gasteiger partial charge on any atom is 0.0489 e. The number of benzene rings is 2. The van der Waals surface area contributed by atoms with Crippen LogP contribution in [-0.4, -0.2) is 4.98 Å². The Kier molecular flexibility index (Phi) is 3.70. The molecule has 3 aromatic rings. The van der Waals surface area contributed by atoms with E-state index in [0.717, 1.165) is 16.7 Å². The van der Waals surface area contributed by atoms with Gasteiger partial charge in [-0.1, -0.05) is 24.3 Å². The van der Waals surface area contributed by atoms with Gasteiger partial charge in [-0.05, 0) is 57.6 Å². The molecule has 0 bridgehead atoms. The van der Waals surface area contributed by atoms with Gasteiger partial charge < -0.3 is 5.32 Å². The minimum Gasteiger partial charge on any atom is -0.380 e. The Labute approximate surface area is 127 Å². The van der Waals surface area contributed by atoms with Gasteiger partial charge >= 0.3 is 0 Å². The maximum absolute atomic E-state index is 4.17. The first-order chi connectivity index (χ1) is 9.74. The molecule has 20 heavy (non-hydrogen) atoms. The van der Waals surface area contributed by atoms with Crippen LogP contribution in [0.15, 0.2) is 59.3 Å². The van der Waals surface area contributed by atoms with Gasteiger partial charge in [-0.3, -0.25) is 4.98 Å². The summed E-state index contributed by atoms with van der Waals surface area (Å²) in [6.45, 7) is 2.89. The number of pyridine rings is 1. The van der Waals surface area contributed by atoms with Crippen LogP contribution in [-0.2, 0) is 6.54 Å². The minimum absolute atomic E-state index is 0.795. The molecule has 1 heterocycles. The van der Waals surface area contributed by atoms with Gasteiger partial charge in [-0.2, -0.15) is 0 Å². The number of hydrogen-bond acceptors (Lipinski definition) is 2. The third-order valence-electron chi connectivity index (χ3n) is 3.36. The van der Waals surface area contributed by atoms with E-state index in [4.69, 9.17) is 0 Å². The number of aromatic nitrogens is 1. The molecule has 0 unspecified atom stereocenters. The molecule has 0 amide bonds. The number of anilines is 1. The van der Waals surface area contributed by atoms with Crippen molar-refractivity contribution in [1.82, 2.24) is 4.98 Å². The van der Waals surface area contributed by atoms with Gasteiger partial charge in [0.15, 0.2) is 0 Å². The predicted octanol–water partition coefficient (Wildman–Crippen LogP) is 4.92. The van der Waals surface area contributed by atoms with Crippen LogP contribution in [0.25, 0.3) is 10.8 Å². The summed E-state index contributed by atoms with van der Waals surface area (Å²) in [6, 6.07) is 14.7. The van der Waals surface area contributed by atoms with Crippen molar-refractivity contribution in [2.75, 3.05) is 5.32 Å². The smallest absolute Gasteiger partial charge is 0.0489 e. The Morgan fingerprint density at radius 1 is 1.15 bits per heavy atom. The van der Waals surface area contributed by atoms with Crippen LogP contribution in [0.5, 0.6) is 0 Å². The second-order valence-electron chi connectivity index (χ2n) is 4.85. The molecule has 0 aliphatic rings. The molecular formula is C17H15BrN2. The standard InChI is InChI=1S/C17H15BrN2/c1-12-5-6-16(18)17(9-12)20-11-14-4-2-3-13-10-19-8-7-15(13)14/h2-10,20H,11H2,1H3. The molecule has 0 spiro atoms. The SMILES string of the molecule is Cc1ccc(Br)c(NCc2cccc3cnccc23)c1. The highest BCUT2D eigenvalue weighted by molar-refractivity contribution is 9.10. The molecule has 0 radical (unpaired) electrons. The fourth-order valence-electron chi connectivity index (χ4n) is 2.31. The summed E-state index contributed by atoms with van der Waals surface area (Å²) >= 11 is 3.58. The van der Waals surface area contributed by atoms with Crippen molar-refractivity contribution in [1.29, 1.82) is 0 Å². The first-order valence-corrected chi connectivity index (χ1v) is 7.35. The summed E-state index contributed by atoms with van der Waals surface area (Å²) in [7, 11) is 0. The number of nitrogens with one attached hydrogen (secondary N) is 1. The maximum atomic E-state index is 4.17. The molecule has 0 saturated carbocycles. The van der Waals surface area contributed by atoms with Crippen LogP contribution in [0.2, 0.25) is 0 Å². The third kappa shape index (κ3) is 2.68. The lowest BCUT2D eigenvalue weighted by Gasteiger charge is -2.11. The summed E-state index contributed by atoms with van der Waals surface area (Å²) in [5.41, 5.74) is 3.65. The van der Waals surface area contributed by atoms with Crippen LogP contribution in [0.1, 0.15) is 11.1 Å². The van der Waals surface area contributed by atoms with E-state index in [1.54, 1.807) is 0 Å². The quantitative estimate of drug-likeness (QED) is 0.739. The lowest BCUT2D eigenvalue weighted by atomic mass is 10.1. The molecule has 0 saturated heterocycles. The number of halogens is 1. The van der Waals surface area contributed by atoms with Crippen LogP contribution < -0.4 is 5.32 Å². The van der Waals surface area contributed by atoms with Gasteiger partial charge in [0.1, 0.15) is 0 Å². The molecule has 2 nitrogen and oxygen atoms in total. The number of aryl methyl sites for hydroxylation is 1. The number of nitrogens with zero attached hydrogens (tertiary/aromatic N) is 1. The number of fused-ring (bicyclic) bond motifs is 1. The van der Waals surface area contributed by atoms with Crippen molar-refractivity contribution in [3.05, 3.63) is 70.5 Å². The Morgan fingerprint density at radius 3 is 2.95 bits per heavy atom. The second kappa shape index (κ2) is 5.63. The van der Waals surface area contributed by atoms with Gasteiger partial charge in [0.05, 0.1) is 0 Å². The van der Waals surface area contributed by atoms with E-state index in [1.165, 1.54) is 21.9 Å². The van der Waals surface area contributed by atoms with E-state index in [9.17, 15) is 0 Å². The second-order valence-corrected chi connectivity index (χ2v) is 5.71. The van der Waals surface area contributed by atoms with E-state index in [2.05, 4.69) is 75.6 Å². The molecular weight excluding hydrogens is 312 g/mol. The average Bonchev–Trinajstić information content (AvgIpc) is 2.48. The van der Waals surface area contributed by atoms with E-state index >= 15 is 0 Å². The van der Waals surface area contributed by atoms with Crippen molar-refractivity contribution >= 4 is 32.4 Å². The third-order valence-corrected chi connectivity index (χ3v) is 4.05. The topological polar surface area (TPSA) is 24.9 Å². The van der Waals surface area contributed by atoms with Crippen molar-refractivity contribution in [3.63, 3.8) is 0 Å². The zero-order valence-corrected chi connectivity index (χ0v) is 12.8. The highest BCUT2D eigenvalue weighted by atomic mass is 79.9. The van der Waals surface area contributed by atoms with Crippen LogP contribution in [0.4, 0.5) is 5.69 Å². The van der Waals surface area contributed by atoms with Crippen molar-refractivity contribution in [2.45, 2.75) is 13.5 Å². The van der Waals surface area contributed by atoms with E-state index < -0.39 is 0 Å². The summed E-state index contributed by atoms with van der Waals surface area (Å²) in [5.74, 6) is 0. The largest absolute Gasteiger partial charge is 0.380 e. The number of hydrogen-bond donors (Lipinski definition) is 1. The van der Waals surface area contributed by atoms with E-state index in [0.29, 0.717) is 0 Å². The monoisotopic (exact) mass is 326 g/mol. The zero-order chi connectivity index (χ0) is 13.9. The minimum atomic E-state index is 0.795. The summed E-state index contributed by atoms with van der Waals surface area (Å²) in [4.78, 5) is 4.17. The highest BCUT2D eigenvalue weighted by Crippen LogP contribution is 2.25. The highest BCUT2D eigenvalue weighted by Gasteiger charge is 2.03. The van der Waals surface area contributed by atoms with E-state index in [1.807, 2.05) is 12.4 Å². The zero-order valence-electron chi connectivity index (χ0n) is 11.2. The van der Waals surface area contributed by atoms with Gasteiger partial charge in [-0.25, -0.2) is 0 Å². The lowest BCUT2D eigenvalue weighted by Crippen LogP contribution is -2.01. The Morgan fingerprint density at radius 2 is 2.05 bits per heavy atom. The van der Waals surface area contributed by atoms with Crippen molar-refractivity contribution in [3.8, 4) is 0 Å². The molecule has 0 atom stereocenters. The van der Waals surface area contributed by atoms with E-state index in [-0.39, 0.29) is 0 Å². The first kappa shape index (κ1) is 13.1. The molecule has 1 N–H and O–H groups in total. The normalized spacial score (nSPS) is 10.7. The van der Waals surface area contributed by atoms with Crippen molar-refractivity contribution < 1.29 is 0 Å². The van der Waals surface area contributed by atoms with Crippen LogP contribution in [0, 0.1) is 6.92 Å². The Hall–Kier alpha value is -1.87. The predicted molar refractivity (Wildman–Crippen MR) is 87.9 cm³/mol. The molecule has 2 aromatic carbocycles. The van der Waals surface area contributed by atoms with Crippen LogP contribution >= 0.6 is 15.9 Å². The number of rotatable bonds is 3. The lowest BCUT2D eigenvalue weighted by molar-refractivity contribution is 1.16. The molecule has 3 rings (SSSR count). The van der Waals surface area contributed by atoms with Gasteiger partial charge in [-0.15, -0.1) is 0 Å². The van der Waals surface area contributed by atoms with Crippen molar-refractivity contribution in [2.24, 2.45) is 0 Å². The molecule has 1 aromatic heterocycles. The molecule has 0 aliphatic heterocycles. The summed E-state index contributed by atoms with van der Waals surface area (Å²) in [6.07, 6.45) is 3.75. The first-order valence-electron chi connectivity index (χ1n) is 6.56. The fourth-order valence-corrected chi connectivity index (χ4v) is 2.70. The summed E-state index contributed by atoms with van der Waals surface area (Å²) in [5, 5.41) is 5.92. The summed E-state index contributed by atoms with van der Waals surface area (Å²) < 4.78 is 1.09. The van der Waals surface area contributed by atoms with Gasteiger partial charge in [0.2, 0.25) is 0 Å². The molecule has 3 heteroatoms. The Balaban J connectivity index is 1.89.